The number of carbonyl (C=O) groups excluding carboxylic acids is 1. The summed E-state index contributed by atoms with van der Waals surface area (Å²) in [5.41, 5.74) is 2.13. The van der Waals surface area contributed by atoms with Crippen molar-refractivity contribution in [2.45, 2.75) is 20.4 Å². The third-order valence-electron chi connectivity index (χ3n) is 3.05. The molecule has 0 aliphatic heterocycles. The number of Topliss-reactive ketones (excluding diaryl/α,β-unsaturated/α-hetero) is 1. The Hall–Kier alpha value is -2.54. The monoisotopic (exact) mass is 268 g/mol. The highest BCUT2D eigenvalue weighted by Crippen LogP contribution is 2.22. The van der Waals surface area contributed by atoms with Crippen molar-refractivity contribution < 1.29 is 9.53 Å². The van der Waals surface area contributed by atoms with Crippen LogP contribution in [0.25, 0.3) is 0 Å². The SMILES string of the molecule is CCOc1ccc(C(C)=O)cc1Cn1cccc1C#N. The molecule has 1 aromatic carbocycles. The molecule has 1 heterocycles. The average molecular weight is 268 g/mol. The van der Waals surface area contributed by atoms with E-state index in [4.69, 9.17) is 10.00 Å². The van der Waals surface area contributed by atoms with Gasteiger partial charge in [-0.15, -0.1) is 0 Å². The van der Waals surface area contributed by atoms with E-state index >= 15 is 0 Å². The average Bonchev–Trinajstić information content (AvgIpc) is 2.88. The van der Waals surface area contributed by atoms with Crippen molar-refractivity contribution in [1.82, 2.24) is 4.57 Å². The molecular weight excluding hydrogens is 252 g/mol. The first-order chi connectivity index (χ1) is 9.65. The molecule has 0 aliphatic carbocycles. The highest BCUT2D eigenvalue weighted by Gasteiger charge is 2.10. The molecule has 4 nitrogen and oxygen atoms in total. The third-order valence-corrected chi connectivity index (χ3v) is 3.05. The number of nitrogens with zero attached hydrogens (tertiary/aromatic N) is 2. The Morgan fingerprint density at radius 3 is 2.85 bits per heavy atom. The summed E-state index contributed by atoms with van der Waals surface area (Å²) in [6.45, 7) is 4.52. The van der Waals surface area contributed by atoms with Crippen LogP contribution in [0.15, 0.2) is 36.5 Å². The van der Waals surface area contributed by atoms with Gasteiger partial charge in [0, 0.05) is 17.3 Å². The Kier molecular flexibility index (Phi) is 4.21. The van der Waals surface area contributed by atoms with E-state index in [1.807, 2.05) is 35.9 Å². The molecule has 0 fully saturated rings. The molecule has 0 amide bonds. The van der Waals surface area contributed by atoms with Crippen LogP contribution in [0, 0.1) is 11.3 Å². The summed E-state index contributed by atoms with van der Waals surface area (Å²) in [5.74, 6) is 0.761. The van der Waals surface area contributed by atoms with Gasteiger partial charge in [0.15, 0.2) is 5.78 Å². The van der Waals surface area contributed by atoms with Crippen LogP contribution in [-0.4, -0.2) is 17.0 Å². The van der Waals surface area contributed by atoms with E-state index in [0.29, 0.717) is 24.4 Å². The molecule has 0 aliphatic rings. The van der Waals surface area contributed by atoms with Crippen molar-refractivity contribution >= 4 is 5.78 Å². The minimum Gasteiger partial charge on any atom is -0.494 e. The highest BCUT2D eigenvalue weighted by atomic mass is 16.5. The quantitative estimate of drug-likeness (QED) is 0.783. The summed E-state index contributed by atoms with van der Waals surface area (Å²) in [6, 6.07) is 11.1. The van der Waals surface area contributed by atoms with Gasteiger partial charge in [-0.2, -0.15) is 5.26 Å². The van der Waals surface area contributed by atoms with Crippen molar-refractivity contribution in [2.75, 3.05) is 6.61 Å². The molecule has 1 aromatic heterocycles. The Bertz CT molecular complexity index is 665. The molecule has 102 valence electrons. The minimum absolute atomic E-state index is 0.0160. The van der Waals surface area contributed by atoms with Gasteiger partial charge in [-0.3, -0.25) is 4.79 Å². The maximum absolute atomic E-state index is 11.5. The van der Waals surface area contributed by atoms with Gasteiger partial charge in [-0.25, -0.2) is 0 Å². The van der Waals surface area contributed by atoms with Crippen molar-refractivity contribution in [2.24, 2.45) is 0 Å². The molecule has 4 heteroatoms. The van der Waals surface area contributed by atoms with Crippen LogP contribution in [0.2, 0.25) is 0 Å². The predicted octanol–water partition coefficient (Wildman–Crippen LogP) is 3.01. The normalized spacial score (nSPS) is 10.1. The molecule has 0 bridgehead atoms. The van der Waals surface area contributed by atoms with E-state index in [1.54, 1.807) is 12.1 Å². The van der Waals surface area contributed by atoms with E-state index in [9.17, 15) is 4.79 Å². The molecule has 0 N–H and O–H groups in total. The lowest BCUT2D eigenvalue weighted by atomic mass is 10.1. The number of ketones is 1. The van der Waals surface area contributed by atoms with Crippen LogP contribution in [0.3, 0.4) is 0 Å². The van der Waals surface area contributed by atoms with Crippen LogP contribution in [0.1, 0.15) is 35.5 Å². The number of aromatic nitrogens is 1. The second-order valence-corrected chi connectivity index (χ2v) is 4.44. The van der Waals surface area contributed by atoms with Crippen molar-refractivity contribution in [1.29, 1.82) is 5.26 Å². The molecule has 2 rings (SSSR count). The molecule has 20 heavy (non-hydrogen) atoms. The van der Waals surface area contributed by atoms with Gasteiger partial charge in [0.05, 0.1) is 13.2 Å². The van der Waals surface area contributed by atoms with Crippen molar-refractivity contribution in [3.05, 3.63) is 53.3 Å². The molecule has 0 radical (unpaired) electrons. The maximum atomic E-state index is 11.5. The van der Waals surface area contributed by atoms with E-state index in [1.165, 1.54) is 6.92 Å². The predicted molar refractivity (Wildman–Crippen MR) is 75.9 cm³/mol. The molecule has 2 aromatic rings. The van der Waals surface area contributed by atoms with E-state index in [0.717, 1.165) is 11.3 Å². The second kappa shape index (κ2) is 6.07. The summed E-state index contributed by atoms with van der Waals surface area (Å²) >= 11 is 0. The summed E-state index contributed by atoms with van der Waals surface area (Å²) in [6.07, 6.45) is 1.84. The molecule has 0 saturated carbocycles. The molecular formula is C16H16N2O2. The van der Waals surface area contributed by atoms with Crippen molar-refractivity contribution in [3.63, 3.8) is 0 Å². The molecule has 0 unspecified atom stereocenters. The standard InChI is InChI=1S/C16H16N2O2/c1-3-20-16-7-6-13(12(2)19)9-14(16)11-18-8-4-5-15(18)10-17/h4-9H,3,11H2,1-2H3. The highest BCUT2D eigenvalue weighted by molar-refractivity contribution is 5.94. The number of hydrogen-bond acceptors (Lipinski definition) is 3. The topological polar surface area (TPSA) is 55.0 Å². The van der Waals surface area contributed by atoms with Crippen molar-refractivity contribution in [3.8, 4) is 11.8 Å². The number of ether oxygens (including phenoxy) is 1. The van der Waals surface area contributed by atoms with Gasteiger partial charge >= 0.3 is 0 Å². The molecule has 0 saturated heterocycles. The number of hydrogen-bond donors (Lipinski definition) is 0. The van der Waals surface area contributed by atoms with Gasteiger partial charge in [0.2, 0.25) is 0 Å². The van der Waals surface area contributed by atoms with Gasteiger partial charge in [0.1, 0.15) is 17.5 Å². The fourth-order valence-electron chi connectivity index (χ4n) is 2.06. The Labute approximate surface area is 118 Å². The van der Waals surface area contributed by atoms with E-state index in [-0.39, 0.29) is 5.78 Å². The first kappa shape index (κ1) is 13.9. The first-order valence-corrected chi connectivity index (χ1v) is 6.47. The van der Waals surface area contributed by atoms with Crippen LogP contribution in [0.4, 0.5) is 0 Å². The summed E-state index contributed by atoms with van der Waals surface area (Å²) < 4.78 is 7.42. The van der Waals surface area contributed by atoms with Crippen LogP contribution >= 0.6 is 0 Å². The third kappa shape index (κ3) is 2.89. The lowest BCUT2D eigenvalue weighted by Gasteiger charge is -2.13. The number of carbonyl (C=O) groups is 1. The zero-order valence-corrected chi connectivity index (χ0v) is 11.6. The Morgan fingerprint density at radius 1 is 1.40 bits per heavy atom. The summed E-state index contributed by atoms with van der Waals surface area (Å²) in [5, 5.41) is 9.04. The first-order valence-electron chi connectivity index (χ1n) is 6.47. The van der Waals surface area contributed by atoms with E-state index in [2.05, 4.69) is 6.07 Å². The minimum atomic E-state index is 0.0160. The molecule has 0 spiro atoms. The lowest BCUT2D eigenvalue weighted by molar-refractivity contribution is 0.101. The second-order valence-electron chi connectivity index (χ2n) is 4.44. The van der Waals surface area contributed by atoms with Gasteiger partial charge < -0.3 is 9.30 Å². The summed E-state index contributed by atoms with van der Waals surface area (Å²) in [7, 11) is 0. The van der Waals surface area contributed by atoms with E-state index < -0.39 is 0 Å². The molecule has 0 atom stereocenters. The zero-order valence-electron chi connectivity index (χ0n) is 11.6. The zero-order chi connectivity index (χ0) is 14.5. The van der Waals surface area contributed by atoms with Gasteiger partial charge in [-0.1, -0.05) is 0 Å². The fraction of sp³-hybridized carbons (Fsp3) is 0.250. The number of rotatable bonds is 5. The smallest absolute Gasteiger partial charge is 0.159 e. The maximum Gasteiger partial charge on any atom is 0.159 e. The Balaban J connectivity index is 2.40. The van der Waals surface area contributed by atoms with Crippen LogP contribution < -0.4 is 4.74 Å². The van der Waals surface area contributed by atoms with Crippen LogP contribution in [0.5, 0.6) is 5.75 Å². The van der Waals surface area contributed by atoms with Gasteiger partial charge in [0.25, 0.3) is 0 Å². The van der Waals surface area contributed by atoms with Gasteiger partial charge in [-0.05, 0) is 44.2 Å². The fourth-order valence-corrected chi connectivity index (χ4v) is 2.06. The number of benzene rings is 1. The number of nitriles is 1. The largest absolute Gasteiger partial charge is 0.494 e. The lowest BCUT2D eigenvalue weighted by Crippen LogP contribution is -2.06. The Morgan fingerprint density at radius 2 is 2.20 bits per heavy atom. The summed E-state index contributed by atoms with van der Waals surface area (Å²) in [4.78, 5) is 11.5. The van der Waals surface area contributed by atoms with Crippen LogP contribution in [-0.2, 0) is 6.54 Å².